The molecule has 0 saturated carbocycles. The molecular formula is C13H15N3O5. The van der Waals surface area contributed by atoms with Crippen molar-refractivity contribution < 1.29 is 23.8 Å². The van der Waals surface area contributed by atoms with Crippen molar-refractivity contribution in [3.05, 3.63) is 24.3 Å². The first-order valence-electron chi connectivity index (χ1n) is 6.68. The Hall–Kier alpha value is -2.35. The van der Waals surface area contributed by atoms with Crippen molar-refractivity contribution in [2.75, 3.05) is 13.1 Å². The molecule has 0 spiro atoms. The number of amides is 1. The van der Waals surface area contributed by atoms with E-state index in [0.29, 0.717) is 31.7 Å². The van der Waals surface area contributed by atoms with Crippen LogP contribution < -0.4 is 0 Å². The van der Waals surface area contributed by atoms with E-state index in [4.69, 9.17) is 13.9 Å². The molecule has 21 heavy (non-hydrogen) atoms. The van der Waals surface area contributed by atoms with Gasteiger partial charge in [0.05, 0.1) is 6.26 Å². The molecule has 1 unspecified atom stereocenters. The van der Waals surface area contributed by atoms with Crippen LogP contribution in [0.4, 0.5) is 4.79 Å². The fourth-order valence-electron chi connectivity index (χ4n) is 2.46. The first-order valence-corrected chi connectivity index (χ1v) is 6.68. The smallest absolute Gasteiger partial charge is 0.407 e. The Morgan fingerprint density at radius 3 is 2.76 bits per heavy atom. The first-order chi connectivity index (χ1) is 10.1. The average molecular weight is 293 g/mol. The molecule has 0 bridgehead atoms. The molecule has 8 nitrogen and oxygen atoms in total. The lowest BCUT2D eigenvalue weighted by Gasteiger charge is -2.31. The Morgan fingerprint density at radius 1 is 1.38 bits per heavy atom. The Labute approximate surface area is 120 Å². The number of piperidine rings is 1. The van der Waals surface area contributed by atoms with Gasteiger partial charge in [0, 0.05) is 13.1 Å². The average Bonchev–Trinajstić information content (AvgIpc) is 3.17. The number of nitrogens with zero attached hydrogens (tertiary/aromatic N) is 3. The van der Waals surface area contributed by atoms with Gasteiger partial charge in [-0.2, -0.15) is 0 Å². The molecule has 1 aliphatic rings. The number of hydrogen-bond donors (Lipinski definition) is 2. The minimum absolute atomic E-state index is 0.0921. The molecule has 1 amide bonds. The Bertz CT molecular complexity index is 601. The zero-order valence-corrected chi connectivity index (χ0v) is 11.2. The van der Waals surface area contributed by atoms with Crippen molar-refractivity contribution >= 4 is 6.09 Å². The van der Waals surface area contributed by atoms with Crippen LogP contribution in [-0.2, 0) is 0 Å². The molecule has 1 fully saturated rings. The molecule has 2 N–H and O–H groups in total. The Morgan fingerprint density at radius 2 is 2.14 bits per heavy atom. The normalized spacial score (nSPS) is 17.9. The van der Waals surface area contributed by atoms with Gasteiger partial charge >= 0.3 is 6.09 Å². The minimum Gasteiger partial charge on any atom is -0.465 e. The molecule has 1 saturated heterocycles. The molecule has 0 radical (unpaired) electrons. The standard InChI is InChI=1S/C13H15N3O5/c17-10(8-3-5-16(6-4-8)13(18)19)12-15-14-11(21-12)9-2-1-7-20-9/h1-2,7-8,10,17H,3-6H2,(H,18,19). The Balaban J connectivity index is 1.66. The largest absolute Gasteiger partial charge is 0.465 e. The third-order valence-electron chi connectivity index (χ3n) is 3.68. The van der Waals surface area contributed by atoms with E-state index in [1.54, 1.807) is 12.1 Å². The van der Waals surface area contributed by atoms with E-state index >= 15 is 0 Å². The number of carboxylic acid groups (broad SMARTS) is 1. The van der Waals surface area contributed by atoms with E-state index in [1.807, 2.05) is 0 Å². The molecular weight excluding hydrogens is 278 g/mol. The summed E-state index contributed by atoms with van der Waals surface area (Å²) in [5.74, 6) is 0.708. The van der Waals surface area contributed by atoms with Gasteiger partial charge in [0.2, 0.25) is 5.89 Å². The van der Waals surface area contributed by atoms with E-state index in [1.165, 1.54) is 11.2 Å². The Kier molecular flexibility index (Phi) is 3.61. The molecule has 2 aromatic heterocycles. The molecule has 3 heterocycles. The van der Waals surface area contributed by atoms with E-state index in [0.717, 1.165) is 0 Å². The quantitative estimate of drug-likeness (QED) is 0.886. The monoisotopic (exact) mass is 293 g/mol. The highest BCUT2D eigenvalue weighted by Crippen LogP contribution is 2.31. The molecule has 1 aliphatic heterocycles. The lowest BCUT2D eigenvalue weighted by molar-refractivity contribution is 0.0408. The number of carbonyl (C=O) groups is 1. The van der Waals surface area contributed by atoms with Crippen molar-refractivity contribution in [3.8, 4) is 11.7 Å². The summed E-state index contributed by atoms with van der Waals surface area (Å²) in [5, 5.41) is 26.9. The third-order valence-corrected chi connectivity index (χ3v) is 3.68. The van der Waals surface area contributed by atoms with E-state index < -0.39 is 12.2 Å². The van der Waals surface area contributed by atoms with E-state index in [2.05, 4.69) is 10.2 Å². The van der Waals surface area contributed by atoms with Crippen molar-refractivity contribution in [2.45, 2.75) is 18.9 Å². The van der Waals surface area contributed by atoms with Gasteiger partial charge in [0.1, 0.15) is 6.10 Å². The third kappa shape index (κ3) is 2.75. The predicted octanol–water partition coefficient (Wildman–Crippen LogP) is 1.75. The van der Waals surface area contributed by atoms with Crippen LogP contribution in [0.5, 0.6) is 0 Å². The zero-order chi connectivity index (χ0) is 14.8. The lowest BCUT2D eigenvalue weighted by Crippen LogP contribution is -2.38. The second-order valence-corrected chi connectivity index (χ2v) is 4.97. The fraction of sp³-hybridized carbons (Fsp3) is 0.462. The van der Waals surface area contributed by atoms with Crippen molar-refractivity contribution in [2.24, 2.45) is 5.92 Å². The van der Waals surface area contributed by atoms with E-state index in [9.17, 15) is 9.90 Å². The van der Waals surface area contributed by atoms with Gasteiger partial charge in [-0.1, -0.05) is 0 Å². The van der Waals surface area contributed by atoms with Gasteiger partial charge in [-0.15, -0.1) is 10.2 Å². The van der Waals surface area contributed by atoms with Crippen LogP contribution in [0.2, 0.25) is 0 Å². The first kappa shape index (κ1) is 13.6. The second-order valence-electron chi connectivity index (χ2n) is 4.97. The molecule has 2 aromatic rings. The summed E-state index contributed by atoms with van der Waals surface area (Å²) in [6.07, 6.45) is 0.799. The minimum atomic E-state index is -0.930. The summed E-state index contributed by atoms with van der Waals surface area (Å²) in [6, 6.07) is 3.40. The van der Waals surface area contributed by atoms with Gasteiger partial charge in [-0.25, -0.2) is 4.79 Å². The summed E-state index contributed by atoms with van der Waals surface area (Å²) in [7, 11) is 0. The number of aliphatic hydroxyl groups excluding tert-OH is 1. The maximum absolute atomic E-state index is 10.8. The summed E-state index contributed by atoms with van der Waals surface area (Å²) >= 11 is 0. The summed E-state index contributed by atoms with van der Waals surface area (Å²) in [5.41, 5.74) is 0. The van der Waals surface area contributed by atoms with Crippen molar-refractivity contribution in [3.63, 3.8) is 0 Å². The molecule has 8 heteroatoms. The van der Waals surface area contributed by atoms with Crippen LogP contribution in [0.3, 0.4) is 0 Å². The van der Waals surface area contributed by atoms with Crippen LogP contribution in [0.1, 0.15) is 24.8 Å². The van der Waals surface area contributed by atoms with Crippen molar-refractivity contribution in [1.29, 1.82) is 0 Å². The fourth-order valence-corrected chi connectivity index (χ4v) is 2.46. The van der Waals surface area contributed by atoms with Crippen LogP contribution in [0, 0.1) is 5.92 Å². The van der Waals surface area contributed by atoms with Gasteiger partial charge in [-0.3, -0.25) is 0 Å². The molecule has 112 valence electrons. The van der Waals surface area contributed by atoms with Crippen LogP contribution in [0.15, 0.2) is 27.2 Å². The van der Waals surface area contributed by atoms with Crippen LogP contribution >= 0.6 is 0 Å². The van der Waals surface area contributed by atoms with Gasteiger partial charge in [-0.05, 0) is 30.9 Å². The maximum Gasteiger partial charge on any atom is 0.407 e. The summed E-state index contributed by atoms with van der Waals surface area (Å²) in [4.78, 5) is 12.2. The maximum atomic E-state index is 10.8. The summed E-state index contributed by atoms with van der Waals surface area (Å²) in [6.45, 7) is 0.798. The lowest BCUT2D eigenvalue weighted by atomic mass is 9.91. The summed E-state index contributed by atoms with van der Waals surface area (Å²) < 4.78 is 10.6. The van der Waals surface area contributed by atoms with Gasteiger partial charge < -0.3 is 23.9 Å². The highest BCUT2D eigenvalue weighted by Gasteiger charge is 2.31. The SMILES string of the molecule is O=C(O)N1CCC(C(O)c2nnc(-c3ccco3)o2)CC1. The zero-order valence-electron chi connectivity index (χ0n) is 11.2. The molecule has 1 atom stereocenters. The predicted molar refractivity (Wildman–Crippen MR) is 69.3 cm³/mol. The number of rotatable bonds is 3. The van der Waals surface area contributed by atoms with Crippen LogP contribution in [0.25, 0.3) is 11.7 Å². The van der Waals surface area contributed by atoms with E-state index in [-0.39, 0.29) is 17.7 Å². The topological polar surface area (TPSA) is 113 Å². The van der Waals surface area contributed by atoms with Gasteiger partial charge in [0.15, 0.2) is 5.76 Å². The molecule has 0 aliphatic carbocycles. The van der Waals surface area contributed by atoms with Gasteiger partial charge in [0.25, 0.3) is 5.89 Å². The molecule has 0 aromatic carbocycles. The van der Waals surface area contributed by atoms with Crippen molar-refractivity contribution in [1.82, 2.24) is 15.1 Å². The number of aromatic nitrogens is 2. The second kappa shape index (κ2) is 5.57. The van der Waals surface area contributed by atoms with Crippen LogP contribution in [-0.4, -0.2) is 44.5 Å². The number of aliphatic hydroxyl groups is 1. The highest BCUT2D eigenvalue weighted by atomic mass is 16.4. The number of furan rings is 1. The number of hydrogen-bond acceptors (Lipinski definition) is 6. The highest BCUT2D eigenvalue weighted by molar-refractivity contribution is 5.64. The molecule has 3 rings (SSSR count). The number of likely N-dealkylation sites (tertiary alicyclic amines) is 1.